The van der Waals surface area contributed by atoms with Crippen LogP contribution in [0.4, 0.5) is 0 Å². The predicted molar refractivity (Wildman–Crippen MR) is 84.2 cm³/mol. The van der Waals surface area contributed by atoms with Crippen molar-refractivity contribution in [3.8, 4) is 11.5 Å². The molecule has 0 saturated carbocycles. The summed E-state index contributed by atoms with van der Waals surface area (Å²) >= 11 is 0. The number of methoxy groups -OCH3 is 1. The highest BCUT2D eigenvalue weighted by Gasteiger charge is 2.34. The van der Waals surface area contributed by atoms with Crippen molar-refractivity contribution in [3.05, 3.63) is 23.8 Å². The Bertz CT molecular complexity index is 457. The van der Waals surface area contributed by atoms with Gasteiger partial charge in [0.2, 0.25) is 0 Å². The highest BCUT2D eigenvalue weighted by Crippen LogP contribution is 2.37. The summed E-state index contributed by atoms with van der Waals surface area (Å²) in [6, 6.07) is 6.31. The first-order chi connectivity index (χ1) is 10.1. The molecule has 2 unspecified atom stereocenters. The van der Waals surface area contributed by atoms with Gasteiger partial charge in [0, 0.05) is 7.11 Å². The fraction of sp³-hybridized carbons (Fsp3) is 0.647. The van der Waals surface area contributed by atoms with E-state index in [9.17, 15) is 0 Å². The van der Waals surface area contributed by atoms with E-state index < -0.39 is 0 Å². The minimum absolute atomic E-state index is 0.128. The lowest BCUT2D eigenvalue weighted by Gasteiger charge is -2.37. The van der Waals surface area contributed by atoms with Crippen molar-refractivity contribution < 1.29 is 14.2 Å². The van der Waals surface area contributed by atoms with E-state index in [1.54, 1.807) is 7.11 Å². The average molecular weight is 293 g/mol. The van der Waals surface area contributed by atoms with E-state index in [1.165, 1.54) is 5.56 Å². The molecule has 0 amide bonds. The van der Waals surface area contributed by atoms with Crippen LogP contribution in [0, 0.1) is 0 Å². The van der Waals surface area contributed by atoms with Gasteiger partial charge in [-0.05, 0) is 44.0 Å². The van der Waals surface area contributed by atoms with Crippen LogP contribution in [0.1, 0.15) is 45.2 Å². The van der Waals surface area contributed by atoms with E-state index in [0.717, 1.165) is 30.9 Å². The molecule has 0 radical (unpaired) electrons. The molecule has 4 heteroatoms. The topological polar surface area (TPSA) is 39.7 Å². The lowest BCUT2D eigenvalue weighted by atomic mass is 9.87. The van der Waals surface area contributed by atoms with Gasteiger partial charge in [0.25, 0.3) is 0 Å². The molecule has 1 N–H and O–H groups in total. The maximum absolute atomic E-state index is 5.81. The fourth-order valence-corrected chi connectivity index (χ4v) is 2.68. The molecule has 0 spiro atoms. The SMILES string of the molecule is CCCNC(c1ccc2c(c1)OCCO2)C(C)(CC)OC. The Morgan fingerprint density at radius 3 is 2.57 bits per heavy atom. The molecule has 1 aromatic carbocycles. The molecule has 0 aliphatic carbocycles. The summed E-state index contributed by atoms with van der Waals surface area (Å²) in [5.41, 5.74) is 0.928. The van der Waals surface area contributed by atoms with Crippen molar-refractivity contribution in [2.45, 2.75) is 45.3 Å². The molecule has 0 fully saturated rings. The Hall–Kier alpha value is -1.26. The molecule has 0 bridgehead atoms. The monoisotopic (exact) mass is 293 g/mol. The van der Waals surface area contributed by atoms with Crippen LogP contribution in [0.5, 0.6) is 11.5 Å². The summed E-state index contributed by atoms with van der Waals surface area (Å²) in [5.74, 6) is 1.66. The van der Waals surface area contributed by atoms with E-state index in [0.29, 0.717) is 13.2 Å². The van der Waals surface area contributed by atoms with E-state index in [2.05, 4.69) is 38.2 Å². The summed E-state index contributed by atoms with van der Waals surface area (Å²) in [6.45, 7) is 8.66. The first-order valence-electron chi connectivity index (χ1n) is 7.82. The average Bonchev–Trinajstić information content (AvgIpc) is 2.54. The third-order valence-electron chi connectivity index (χ3n) is 4.28. The molecule has 1 heterocycles. The van der Waals surface area contributed by atoms with E-state index in [-0.39, 0.29) is 11.6 Å². The minimum Gasteiger partial charge on any atom is -0.486 e. The number of ether oxygens (including phenoxy) is 3. The van der Waals surface area contributed by atoms with Crippen LogP contribution in [-0.2, 0) is 4.74 Å². The van der Waals surface area contributed by atoms with Crippen molar-refractivity contribution in [2.75, 3.05) is 26.9 Å². The summed E-state index contributed by atoms with van der Waals surface area (Å²) in [5, 5.41) is 3.61. The van der Waals surface area contributed by atoms with Gasteiger partial charge in [-0.1, -0.05) is 19.9 Å². The van der Waals surface area contributed by atoms with Gasteiger partial charge in [-0.15, -0.1) is 0 Å². The first kappa shape index (κ1) is 16.1. The molecular weight excluding hydrogens is 266 g/mol. The van der Waals surface area contributed by atoms with E-state index >= 15 is 0 Å². The summed E-state index contributed by atoms with van der Waals surface area (Å²) in [6.07, 6.45) is 2.02. The van der Waals surface area contributed by atoms with Gasteiger partial charge >= 0.3 is 0 Å². The van der Waals surface area contributed by atoms with Crippen LogP contribution in [0.2, 0.25) is 0 Å². The van der Waals surface area contributed by atoms with E-state index in [1.807, 2.05) is 6.07 Å². The molecule has 2 rings (SSSR count). The first-order valence-corrected chi connectivity index (χ1v) is 7.82. The Labute approximate surface area is 127 Å². The third-order valence-corrected chi connectivity index (χ3v) is 4.28. The van der Waals surface area contributed by atoms with Gasteiger partial charge in [0.15, 0.2) is 11.5 Å². The third kappa shape index (κ3) is 3.50. The highest BCUT2D eigenvalue weighted by molar-refractivity contribution is 5.45. The number of hydrogen-bond acceptors (Lipinski definition) is 4. The van der Waals surface area contributed by atoms with Gasteiger partial charge in [-0.3, -0.25) is 0 Å². The number of rotatable bonds is 7. The van der Waals surface area contributed by atoms with Crippen molar-refractivity contribution >= 4 is 0 Å². The molecule has 118 valence electrons. The van der Waals surface area contributed by atoms with Crippen LogP contribution < -0.4 is 14.8 Å². The maximum Gasteiger partial charge on any atom is 0.161 e. The van der Waals surface area contributed by atoms with E-state index in [4.69, 9.17) is 14.2 Å². The molecule has 1 aromatic rings. The van der Waals surface area contributed by atoms with Crippen molar-refractivity contribution in [2.24, 2.45) is 0 Å². The van der Waals surface area contributed by atoms with Crippen LogP contribution in [0.3, 0.4) is 0 Å². The van der Waals surface area contributed by atoms with Crippen LogP contribution in [0.15, 0.2) is 18.2 Å². The van der Waals surface area contributed by atoms with Gasteiger partial charge in [-0.25, -0.2) is 0 Å². The number of fused-ring (bicyclic) bond motifs is 1. The molecule has 4 nitrogen and oxygen atoms in total. The molecule has 2 atom stereocenters. The van der Waals surface area contributed by atoms with Crippen molar-refractivity contribution in [1.82, 2.24) is 5.32 Å². The van der Waals surface area contributed by atoms with Crippen LogP contribution >= 0.6 is 0 Å². The Balaban J connectivity index is 2.31. The largest absolute Gasteiger partial charge is 0.486 e. The predicted octanol–water partition coefficient (Wildman–Crippen LogP) is 3.31. The summed E-state index contributed by atoms with van der Waals surface area (Å²) < 4.78 is 17.1. The van der Waals surface area contributed by atoms with Gasteiger partial charge in [0.1, 0.15) is 13.2 Å². The molecular formula is C17H27NO3. The Morgan fingerprint density at radius 2 is 1.95 bits per heavy atom. The smallest absolute Gasteiger partial charge is 0.161 e. The molecule has 1 aliphatic rings. The van der Waals surface area contributed by atoms with Gasteiger partial charge in [0.05, 0.1) is 11.6 Å². The second-order valence-corrected chi connectivity index (χ2v) is 5.66. The zero-order valence-corrected chi connectivity index (χ0v) is 13.6. The zero-order valence-electron chi connectivity index (χ0n) is 13.6. The van der Waals surface area contributed by atoms with Crippen molar-refractivity contribution in [3.63, 3.8) is 0 Å². The maximum atomic E-state index is 5.81. The van der Waals surface area contributed by atoms with Gasteiger partial charge < -0.3 is 19.5 Å². The Morgan fingerprint density at radius 1 is 1.24 bits per heavy atom. The second kappa shape index (κ2) is 7.14. The normalized spacial score (nSPS) is 18.1. The molecule has 1 aliphatic heterocycles. The lowest BCUT2D eigenvalue weighted by molar-refractivity contribution is -0.0300. The Kier molecular flexibility index (Phi) is 5.48. The van der Waals surface area contributed by atoms with Crippen molar-refractivity contribution in [1.29, 1.82) is 0 Å². The minimum atomic E-state index is -0.251. The summed E-state index contributed by atoms with van der Waals surface area (Å²) in [7, 11) is 1.78. The number of benzene rings is 1. The lowest BCUT2D eigenvalue weighted by Crippen LogP contribution is -2.43. The van der Waals surface area contributed by atoms with Gasteiger partial charge in [-0.2, -0.15) is 0 Å². The quantitative estimate of drug-likeness (QED) is 0.837. The zero-order chi connectivity index (χ0) is 15.3. The van der Waals surface area contributed by atoms with Crippen LogP contribution in [0.25, 0.3) is 0 Å². The second-order valence-electron chi connectivity index (χ2n) is 5.66. The van der Waals surface area contributed by atoms with Crippen LogP contribution in [-0.4, -0.2) is 32.5 Å². The standard InChI is InChI=1S/C17H27NO3/c1-5-9-18-16(17(3,6-2)19-4)13-7-8-14-15(12-13)21-11-10-20-14/h7-8,12,16,18H,5-6,9-11H2,1-4H3. The summed E-state index contributed by atoms with van der Waals surface area (Å²) in [4.78, 5) is 0. The molecule has 0 saturated heterocycles. The highest BCUT2D eigenvalue weighted by atomic mass is 16.6. The molecule has 0 aromatic heterocycles. The molecule has 21 heavy (non-hydrogen) atoms. The number of hydrogen-bond donors (Lipinski definition) is 1. The number of nitrogens with one attached hydrogen (secondary N) is 1. The fourth-order valence-electron chi connectivity index (χ4n) is 2.68.